The summed E-state index contributed by atoms with van der Waals surface area (Å²) in [5.41, 5.74) is 4.63. The summed E-state index contributed by atoms with van der Waals surface area (Å²) in [4.78, 5) is 17.5. The molecule has 0 aliphatic rings. The second-order valence-corrected chi connectivity index (χ2v) is 8.93. The van der Waals surface area contributed by atoms with Gasteiger partial charge >= 0.3 is 0 Å². The van der Waals surface area contributed by atoms with E-state index < -0.39 is 0 Å². The predicted octanol–water partition coefficient (Wildman–Crippen LogP) is 5.78. The number of fused-ring (bicyclic) bond motifs is 1. The fourth-order valence-corrected chi connectivity index (χ4v) is 4.81. The van der Waals surface area contributed by atoms with Crippen molar-refractivity contribution in [3.63, 3.8) is 0 Å². The van der Waals surface area contributed by atoms with Gasteiger partial charge in [0.25, 0.3) is 0 Å². The number of para-hydroxylation sites is 2. The predicted molar refractivity (Wildman–Crippen MR) is 142 cm³/mol. The fraction of sp³-hybridized carbons (Fsp3) is 0.107. The molecule has 0 atom stereocenters. The van der Waals surface area contributed by atoms with Gasteiger partial charge in [0.2, 0.25) is 5.91 Å². The third kappa shape index (κ3) is 4.69. The second kappa shape index (κ2) is 10.4. The van der Waals surface area contributed by atoms with E-state index in [-0.39, 0.29) is 11.7 Å². The Bertz CT molecular complexity index is 1590. The highest BCUT2D eigenvalue weighted by Crippen LogP contribution is 2.33. The molecule has 0 spiro atoms. The molecule has 0 radical (unpaired) electrons. The van der Waals surface area contributed by atoms with Crippen molar-refractivity contribution in [2.75, 3.05) is 11.1 Å². The van der Waals surface area contributed by atoms with Crippen molar-refractivity contribution in [2.45, 2.75) is 18.6 Å². The third-order valence-electron chi connectivity index (χ3n) is 5.71. The molecule has 176 valence electrons. The number of hydrogen-bond donors (Lipinski definition) is 1. The van der Waals surface area contributed by atoms with Gasteiger partial charge in [-0.3, -0.25) is 4.79 Å². The first-order valence-electron chi connectivity index (χ1n) is 11.5. The van der Waals surface area contributed by atoms with Crippen LogP contribution in [0.3, 0.4) is 0 Å². The second-order valence-electron chi connectivity index (χ2n) is 7.98. The maximum atomic E-state index is 12.6. The Hall–Kier alpha value is -4.48. The molecule has 0 bridgehead atoms. The van der Waals surface area contributed by atoms with Crippen LogP contribution in [0, 0.1) is 11.3 Å². The summed E-state index contributed by atoms with van der Waals surface area (Å²) in [5, 5.41) is 22.6. The van der Waals surface area contributed by atoms with Gasteiger partial charge in [-0.2, -0.15) is 5.26 Å². The van der Waals surface area contributed by atoms with E-state index >= 15 is 0 Å². The summed E-state index contributed by atoms with van der Waals surface area (Å²) in [6.45, 7) is 2.67. The zero-order valence-electron chi connectivity index (χ0n) is 19.5. The van der Waals surface area contributed by atoms with E-state index in [1.807, 2.05) is 72.2 Å². The fourth-order valence-electron chi connectivity index (χ4n) is 4.00. The van der Waals surface area contributed by atoms with Gasteiger partial charge in [-0.1, -0.05) is 72.4 Å². The zero-order valence-corrected chi connectivity index (χ0v) is 20.4. The number of pyridine rings is 1. The Labute approximate surface area is 212 Å². The molecule has 0 unspecified atom stereocenters. The molecular weight excluding hydrogens is 468 g/mol. The minimum atomic E-state index is -0.212. The summed E-state index contributed by atoms with van der Waals surface area (Å²) in [7, 11) is 0. The lowest BCUT2D eigenvalue weighted by Gasteiger charge is -2.12. The molecule has 0 aliphatic carbocycles. The van der Waals surface area contributed by atoms with Gasteiger partial charge in [-0.25, -0.2) is 4.98 Å². The van der Waals surface area contributed by atoms with Crippen LogP contribution in [0.25, 0.3) is 33.5 Å². The van der Waals surface area contributed by atoms with Gasteiger partial charge in [-0.05, 0) is 31.2 Å². The van der Waals surface area contributed by atoms with Crippen LogP contribution in [-0.4, -0.2) is 31.4 Å². The Kier molecular flexibility index (Phi) is 6.74. The van der Waals surface area contributed by atoms with Crippen LogP contribution >= 0.6 is 11.8 Å². The number of benzene rings is 3. The standard InChI is InChI=1S/C28H22N6OS/c1-2-34-27(32-33-28(34)36-18-26(35)31-23-14-8-6-12-20(23)17-29)22-16-25(19-10-4-3-5-11-19)30-24-15-9-7-13-21(22)24/h3-16H,2,18H2,1H3,(H,31,35). The molecule has 36 heavy (non-hydrogen) atoms. The Morgan fingerprint density at radius 2 is 1.75 bits per heavy atom. The number of amides is 1. The van der Waals surface area contributed by atoms with Crippen LogP contribution < -0.4 is 5.32 Å². The van der Waals surface area contributed by atoms with Crippen LogP contribution in [0.5, 0.6) is 0 Å². The molecule has 5 rings (SSSR count). The van der Waals surface area contributed by atoms with Crippen molar-refractivity contribution in [3.05, 3.63) is 90.5 Å². The molecule has 0 aliphatic heterocycles. The maximum absolute atomic E-state index is 12.6. The summed E-state index contributed by atoms with van der Waals surface area (Å²) in [6.07, 6.45) is 0. The number of nitrogens with zero attached hydrogens (tertiary/aromatic N) is 5. The van der Waals surface area contributed by atoms with Crippen molar-refractivity contribution in [3.8, 4) is 28.7 Å². The van der Waals surface area contributed by atoms with Crippen molar-refractivity contribution >= 4 is 34.3 Å². The highest BCUT2D eigenvalue weighted by Gasteiger charge is 2.18. The summed E-state index contributed by atoms with van der Waals surface area (Å²) in [5.74, 6) is 0.659. The van der Waals surface area contributed by atoms with Crippen molar-refractivity contribution in [1.82, 2.24) is 19.7 Å². The first-order chi connectivity index (χ1) is 17.7. The molecule has 5 aromatic rings. The van der Waals surface area contributed by atoms with E-state index in [2.05, 4.69) is 21.6 Å². The first kappa shape index (κ1) is 23.3. The van der Waals surface area contributed by atoms with Gasteiger partial charge in [0.1, 0.15) is 6.07 Å². The molecule has 0 saturated carbocycles. The Balaban J connectivity index is 1.45. The topological polar surface area (TPSA) is 96.5 Å². The van der Waals surface area contributed by atoms with Crippen LogP contribution in [0.1, 0.15) is 12.5 Å². The minimum Gasteiger partial charge on any atom is -0.324 e. The minimum absolute atomic E-state index is 0.143. The summed E-state index contributed by atoms with van der Waals surface area (Å²) in [6, 6.07) is 29.1. The van der Waals surface area contributed by atoms with Crippen molar-refractivity contribution in [2.24, 2.45) is 0 Å². The average molecular weight is 491 g/mol. The number of rotatable bonds is 7. The number of nitriles is 1. The van der Waals surface area contributed by atoms with Gasteiger partial charge in [0.05, 0.1) is 28.2 Å². The number of anilines is 1. The Morgan fingerprint density at radius 1 is 1.00 bits per heavy atom. The van der Waals surface area contributed by atoms with Crippen LogP contribution in [0.4, 0.5) is 5.69 Å². The normalized spacial score (nSPS) is 10.8. The highest BCUT2D eigenvalue weighted by molar-refractivity contribution is 7.99. The molecule has 0 saturated heterocycles. The molecule has 8 heteroatoms. The Morgan fingerprint density at radius 3 is 2.56 bits per heavy atom. The van der Waals surface area contributed by atoms with Crippen molar-refractivity contribution < 1.29 is 4.79 Å². The number of carbonyl (C=O) groups is 1. The monoisotopic (exact) mass is 490 g/mol. The highest BCUT2D eigenvalue weighted by atomic mass is 32.2. The molecular formula is C28H22N6OS. The quantitative estimate of drug-likeness (QED) is 0.290. The summed E-state index contributed by atoms with van der Waals surface area (Å²) >= 11 is 1.31. The van der Waals surface area contributed by atoms with Gasteiger partial charge < -0.3 is 9.88 Å². The lowest BCUT2D eigenvalue weighted by Crippen LogP contribution is -2.15. The molecule has 3 aromatic carbocycles. The number of aromatic nitrogens is 4. The molecule has 2 heterocycles. The smallest absolute Gasteiger partial charge is 0.234 e. The number of nitrogens with one attached hydrogen (secondary N) is 1. The largest absolute Gasteiger partial charge is 0.324 e. The molecule has 1 N–H and O–H groups in total. The lowest BCUT2D eigenvalue weighted by atomic mass is 10.0. The maximum Gasteiger partial charge on any atom is 0.234 e. The molecule has 2 aromatic heterocycles. The number of thioether (sulfide) groups is 1. The van der Waals surface area contributed by atoms with Gasteiger partial charge in [0.15, 0.2) is 11.0 Å². The lowest BCUT2D eigenvalue weighted by molar-refractivity contribution is -0.113. The third-order valence-corrected chi connectivity index (χ3v) is 6.68. The van der Waals surface area contributed by atoms with E-state index in [4.69, 9.17) is 4.98 Å². The van der Waals surface area contributed by atoms with Gasteiger partial charge in [0, 0.05) is 23.1 Å². The average Bonchev–Trinajstić information content (AvgIpc) is 3.35. The molecule has 1 amide bonds. The SMILES string of the molecule is CCn1c(SCC(=O)Nc2ccccc2C#N)nnc1-c1cc(-c2ccccc2)nc2ccccc12. The van der Waals surface area contributed by atoms with E-state index in [9.17, 15) is 10.1 Å². The van der Waals surface area contributed by atoms with Crippen LogP contribution in [-0.2, 0) is 11.3 Å². The van der Waals surface area contributed by atoms with Crippen molar-refractivity contribution in [1.29, 1.82) is 5.26 Å². The number of carbonyl (C=O) groups excluding carboxylic acids is 1. The van der Waals surface area contributed by atoms with E-state index in [1.165, 1.54) is 11.8 Å². The number of hydrogen-bond acceptors (Lipinski definition) is 6. The van der Waals surface area contributed by atoms with E-state index in [0.717, 1.165) is 33.5 Å². The molecule has 7 nitrogen and oxygen atoms in total. The first-order valence-corrected chi connectivity index (χ1v) is 12.5. The van der Waals surface area contributed by atoms with E-state index in [0.29, 0.717) is 23.0 Å². The van der Waals surface area contributed by atoms with Crippen LogP contribution in [0.15, 0.2) is 90.1 Å². The molecule has 0 fully saturated rings. The summed E-state index contributed by atoms with van der Waals surface area (Å²) < 4.78 is 2.01. The van der Waals surface area contributed by atoms with E-state index in [1.54, 1.807) is 24.3 Å². The zero-order chi connectivity index (χ0) is 24.9. The van der Waals surface area contributed by atoms with Gasteiger partial charge in [-0.15, -0.1) is 10.2 Å². The van der Waals surface area contributed by atoms with Crippen LogP contribution in [0.2, 0.25) is 0 Å².